The molecule has 0 amide bonds. The Morgan fingerprint density at radius 2 is 2.32 bits per heavy atom. The number of ether oxygens (including phenoxy) is 1. The fourth-order valence-corrected chi connectivity index (χ4v) is 1.71. The highest BCUT2D eigenvalue weighted by atomic mass is 16.5. The summed E-state index contributed by atoms with van der Waals surface area (Å²) in [5, 5.41) is 7.80. The molecule has 0 saturated carbocycles. The molecule has 0 radical (unpaired) electrons. The molecule has 2 heterocycles. The zero-order valence-corrected chi connectivity index (χ0v) is 10.9. The van der Waals surface area contributed by atoms with Gasteiger partial charge in [-0.2, -0.15) is 0 Å². The summed E-state index contributed by atoms with van der Waals surface area (Å²) in [6.07, 6.45) is 3.42. The molecule has 19 heavy (non-hydrogen) atoms. The molecule has 2 rings (SSSR count). The number of nitrogens with two attached hydrogens (primary N) is 1. The average molecular weight is 264 g/mol. The first kappa shape index (κ1) is 13.2. The van der Waals surface area contributed by atoms with Crippen molar-refractivity contribution in [3.8, 4) is 0 Å². The first-order valence-electron chi connectivity index (χ1n) is 5.92. The lowest BCUT2D eigenvalue weighted by atomic mass is 10.3. The van der Waals surface area contributed by atoms with E-state index >= 15 is 0 Å². The third-order valence-corrected chi connectivity index (χ3v) is 2.73. The third kappa shape index (κ3) is 2.63. The predicted molar refractivity (Wildman–Crippen MR) is 66.2 cm³/mol. The van der Waals surface area contributed by atoms with Crippen molar-refractivity contribution >= 4 is 5.97 Å². The van der Waals surface area contributed by atoms with Gasteiger partial charge in [0, 0.05) is 13.6 Å². The van der Waals surface area contributed by atoms with E-state index in [0.29, 0.717) is 12.2 Å². The smallest absolute Gasteiger partial charge is 0.360 e. The van der Waals surface area contributed by atoms with E-state index in [2.05, 4.69) is 15.3 Å². The zero-order chi connectivity index (χ0) is 13.8. The number of carbonyl (C=O) groups excluding carboxylic acids is 1. The first-order valence-corrected chi connectivity index (χ1v) is 5.92. The largest absolute Gasteiger partial charge is 0.461 e. The zero-order valence-electron chi connectivity index (χ0n) is 10.9. The van der Waals surface area contributed by atoms with Crippen molar-refractivity contribution < 1.29 is 9.53 Å². The van der Waals surface area contributed by atoms with Crippen LogP contribution in [0.25, 0.3) is 0 Å². The Morgan fingerprint density at radius 3 is 2.89 bits per heavy atom. The number of hydrogen-bond donors (Lipinski definition) is 1. The minimum atomic E-state index is -0.501. The SMILES string of the molecule is CCOC(=O)c1nnn(Cc2cncn2C)c1CN. The van der Waals surface area contributed by atoms with Gasteiger partial charge < -0.3 is 15.0 Å². The summed E-state index contributed by atoms with van der Waals surface area (Å²) < 4.78 is 8.37. The van der Waals surface area contributed by atoms with Crippen molar-refractivity contribution in [3.63, 3.8) is 0 Å². The molecule has 0 atom stereocenters. The molecule has 0 aliphatic heterocycles. The highest BCUT2D eigenvalue weighted by Crippen LogP contribution is 2.09. The van der Waals surface area contributed by atoms with Gasteiger partial charge in [-0.15, -0.1) is 5.10 Å². The highest BCUT2D eigenvalue weighted by molar-refractivity contribution is 5.88. The predicted octanol–water partition coefficient (Wildman–Crippen LogP) is -0.305. The van der Waals surface area contributed by atoms with Gasteiger partial charge in [0.05, 0.1) is 37.1 Å². The van der Waals surface area contributed by atoms with Crippen molar-refractivity contribution in [3.05, 3.63) is 29.6 Å². The molecule has 0 unspecified atom stereocenters. The monoisotopic (exact) mass is 264 g/mol. The van der Waals surface area contributed by atoms with Crippen molar-refractivity contribution in [1.29, 1.82) is 0 Å². The summed E-state index contributed by atoms with van der Waals surface area (Å²) in [4.78, 5) is 15.7. The van der Waals surface area contributed by atoms with E-state index in [0.717, 1.165) is 5.69 Å². The summed E-state index contributed by atoms with van der Waals surface area (Å²) in [6.45, 7) is 2.64. The lowest BCUT2D eigenvalue weighted by Crippen LogP contribution is -2.15. The van der Waals surface area contributed by atoms with Gasteiger partial charge in [-0.1, -0.05) is 5.21 Å². The fourth-order valence-electron chi connectivity index (χ4n) is 1.71. The van der Waals surface area contributed by atoms with Crippen molar-refractivity contribution in [2.75, 3.05) is 6.61 Å². The van der Waals surface area contributed by atoms with E-state index in [4.69, 9.17) is 10.5 Å². The second-order valence-corrected chi connectivity index (χ2v) is 3.96. The van der Waals surface area contributed by atoms with Crippen LogP contribution in [-0.2, 0) is 24.9 Å². The normalized spacial score (nSPS) is 10.7. The number of aryl methyl sites for hydroxylation is 1. The van der Waals surface area contributed by atoms with E-state index < -0.39 is 5.97 Å². The molecule has 8 nitrogen and oxygen atoms in total. The van der Waals surface area contributed by atoms with E-state index in [1.165, 1.54) is 0 Å². The minimum absolute atomic E-state index is 0.166. The van der Waals surface area contributed by atoms with Crippen LogP contribution in [0.15, 0.2) is 12.5 Å². The molecular formula is C11H16N6O2. The number of hydrogen-bond acceptors (Lipinski definition) is 6. The van der Waals surface area contributed by atoms with Crippen LogP contribution in [-0.4, -0.2) is 37.1 Å². The number of nitrogens with zero attached hydrogens (tertiary/aromatic N) is 5. The maximum atomic E-state index is 11.7. The van der Waals surface area contributed by atoms with Gasteiger partial charge in [0.15, 0.2) is 5.69 Å². The lowest BCUT2D eigenvalue weighted by Gasteiger charge is -2.06. The van der Waals surface area contributed by atoms with Crippen molar-refractivity contribution in [2.45, 2.75) is 20.0 Å². The highest BCUT2D eigenvalue weighted by Gasteiger charge is 2.20. The lowest BCUT2D eigenvalue weighted by molar-refractivity contribution is 0.0518. The van der Waals surface area contributed by atoms with E-state index in [-0.39, 0.29) is 18.8 Å². The third-order valence-electron chi connectivity index (χ3n) is 2.73. The van der Waals surface area contributed by atoms with E-state index in [9.17, 15) is 4.79 Å². The summed E-state index contributed by atoms with van der Waals surface area (Å²) >= 11 is 0. The molecule has 0 aliphatic rings. The minimum Gasteiger partial charge on any atom is -0.461 e. The molecule has 0 aromatic carbocycles. The molecule has 0 saturated heterocycles. The van der Waals surface area contributed by atoms with Crippen molar-refractivity contribution in [2.24, 2.45) is 12.8 Å². The Hall–Kier alpha value is -2.22. The molecular weight excluding hydrogens is 248 g/mol. The van der Waals surface area contributed by atoms with E-state index in [1.807, 2.05) is 11.6 Å². The Morgan fingerprint density at radius 1 is 1.53 bits per heavy atom. The van der Waals surface area contributed by atoms with Gasteiger partial charge in [0.25, 0.3) is 0 Å². The molecule has 0 aliphatic carbocycles. The van der Waals surface area contributed by atoms with Gasteiger partial charge in [-0.3, -0.25) is 0 Å². The van der Waals surface area contributed by atoms with Gasteiger partial charge in [0.1, 0.15) is 0 Å². The summed E-state index contributed by atoms with van der Waals surface area (Å²) in [5.41, 5.74) is 7.33. The topological polar surface area (TPSA) is 101 Å². The molecule has 0 fully saturated rings. The maximum Gasteiger partial charge on any atom is 0.360 e. The molecule has 0 spiro atoms. The van der Waals surface area contributed by atoms with Gasteiger partial charge in [0.2, 0.25) is 0 Å². The van der Waals surface area contributed by atoms with Crippen molar-refractivity contribution in [1.82, 2.24) is 24.5 Å². The summed E-state index contributed by atoms with van der Waals surface area (Å²) in [7, 11) is 1.88. The van der Waals surface area contributed by atoms with E-state index in [1.54, 1.807) is 24.1 Å². The Kier molecular flexibility index (Phi) is 3.91. The van der Waals surface area contributed by atoms with Crippen LogP contribution in [0.5, 0.6) is 0 Å². The maximum absolute atomic E-state index is 11.7. The van der Waals surface area contributed by atoms with Gasteiger partial charge >= 0.3 is 5.97 Å². The van der Waals surface area contributed by atoms with Crippen LogP contribution in [0.2, 0.25) is 0 Å². The van der Waals surface area contributed by atoms with Crippen LogP contribution in [0.1, 0.15) is 28.8 Å². The number of esters is 1. The molecule has 0 bridgehead atoms. The van der Waals surface area contributed by atoms with Crippen LogP contribution in [0, 0.1) is 0 Å². The standard InChI is InChI=1S/C11H16N6O2/c1-3-19-11(18)10-9(4-12)17(15-14-10)6-8-5-13-7-16(8)2/h5,7H,3-4,6,12H2,1-2H3. The number of rotatable bonds is 5. The second-order valence-electron chi connectivity index (χ2n) is 3.96. The Balaban J connectivity index is 2.27. The number of aromatic nitrogens is 5. The first-order chi connectivity index (χ1) is 9.17. The molecule has 2 aromatic rings. The van der Waals surface area contributed by atoms with Crippen LogP contribution >= 0.6 is 0 Å². The molecule has 8 heteroatoms. The van der Waals surface area contributed by atoms with Crippen LogP contribution in [0.4, 0.5) is 0 Å². The van der Waals surface area contributed by atoms with Gasteiger partial charge in [-0.25, -0.2) is 14.5 Å². The Labute approximate surface area is 110 Å². The molecule has 2 N–H and O–H groups in total. The average Bonchev–Trinajstić information content (AvgIpc) is 2.97. The molecule has 2 aromatic heterocycles. The Bertz CT molecular complexity index is 574. The fraction of sp³-hybridized carbons (Fsp3) is 0.455. The molecule has 102 valence electrons. The quantitative estimate of drug-likeness (QED) is 0.744. The summed E-state index contributed by atoms with van der Waals surface area (Å²) in [6, 6.07) is 0. The van der Waals surface area contributed by atoms with Crippen LogP contribution in [0.3, 0.4) is 0 Å². The summed E-state index contributed by atoms with van der Waals surface area (Å²) in [5.74, 6) is -0.501. The number of imidazole rings is 1. The number of carbonyl (C=O) groups is 1. The van der Waals surface area contributed by atoms with Gasteiger partial charge in [-0.05, 0) is 6.92 Å². The second kappa shape index (κ2) is 5.61. The van der Waals surface area contributed by atoms with Crippen LogP contribution < -0.4 is 5.73 Å².